The van der Waals surface area contributed by atoms with Crippen molar-refractivity contribution in [2.75, 3.05) is 0 Å². The Morgan fingerprint density at radius 3 is 1.71 bits per heavy atom. The van der Waals surface area contributed by atoms with Crippen LogP contribution in [0.4, 0.5) is 0 Å². The normalized spacial score (nSPS) is 36.2. The first-order valence-corrected chi connectivity index (χ1v) is 10.2. The molecule has 4 atom stereocenters. The number of rotatable bonds is 8. The summed E-state index contributed by atoms with van der Waals surface area (Å²) < 4.78 is 0. The molecular weight excluding hydrogens is 288 g/mol. The fourth-order valence-electron chi connectivity index (χ4n) is 4.82. The molecule has 0 radical (unpaired) electrons. The highest BCUT2D eigenvalue weighted by Gasteiger charge is 2.47. The van der Waals surface area contributed by atoms with Crippen molar-refractivity contribution in [1.82, 2.24) is 0 Å². The zero-order valence-electron chi connectivity index (χ0n) is 16.6. The van der Waals surface area contributed by atoms with Gasteiger partial charge in [0.15, 0.2) is 0 Å². The Bertz CT molecular complexity index is 466. The van der Waals surface area contributed by atoms with Crippen LogP contribution in [0.2, 0.25) is 0 Å². The molecule has 0 fully saturated rings. The molecule has 0 nitrogen and oxygen atoms in total. The van der Waals surface area contributed by atoms with Gasteiger partial charge in [0.2, 0.25) is 0 Å². The minimum Gasteiger partial charge on any atom is -0.0808 e. The molecule has 2 aliphatic carbocycles. The maximum absolute atomic E-state index is 2.50. The molecule has 0 heterocycles. The first-order chi connectivity index (χ1) is 11.4. The zero-order chi connectivity index (χ0) is 17.6. The van der Waals surface area contributed by atoms with Gasteiger partial charge in [-0.1, -0.05) is 115 Å². The van der Waals surface area contributed by atoms with E-state index in [1.165, 1.54) is 38.5 Å². The summed E-state index contributed by atoms with van der Waals surface area (Å²) in [7, 11) is 0. The van der Waals surface area contributed by atoms with Crippen LogP contribution in [-0.2, 0) is 0 Å². The van der Waals surface area contributed by atoms with E-state index in [1.54, 1.807) is 0 Å². The molecule has 2 aliphatic rings. The summed E-state index contributed by atoms with van der Waals surface area (Å²) in [5.74, 6) is 1.89. The third-order valence-electron chi connectivity index (χ3n) is 6.99. The van der Waals surface area contributed by atoms with Gasteiger partial charge in [-0.15, -0.1) is 0 Å². The smallest absolute Gasteiger partial charge is 0.00466 e. The van der Waals surface area contributed by atoms with Crippen molar-refractivity contribution in [2.24, 2.45) is 28.6 Å². The Balaban J connectivity index is 2.21. The van der Waals surface area contributed by atoms with E-state index in [2.05, 4.69) is 83.2 Å². The predicted molar refractivity (Wildman–Crippen MR) is 108 cm³/mol. The lowest BCUT2D eigenvalue weighted by atomic mass is 9.52. The number of hydrogen-bond acceptors (Lipinski definition) is 0. The Hall–Kier alpha value is -1.04. The van der Waals surface area contributed by atoms with Crippen LogP contribution in [-0.4, -0.2) is 0 Å². The third kappa shape index (κ3) is 3.95. The van der Waals surface area contributed by atoms with Crippen molar-refractivity contribution in [3.63, 3.8) is 0 Å². The van der Waals surface area contributed by atoms with Gasteiger partial charge in [-0.05, 0) is 35.0 Å². The molecule has 0 saturated heterocycles. The second-order valence-corrected chi connectivity index (χ2v) is 8.55. The van der Waals surface area contributed by atoms with E-state index in [0.717, 1.165) is 0 Å². The predicted octanol–water partition coefficient (Wildman–Crippen LogP) is 7.50. The molecule has 0 aromatic carbocycles. The van der Waals surface area contributed by atoms with Crippen LogP contribution in [0, 0.1) is 28.6 Å². The molecule has 0 aromatic rings. The van der Waals surface area contributed by atoms with Crippen molar-refractivity contribution in [3.8, 4) is 0 Å². The van der Waals surface area contributed by atoms with Gasteiger partial charge in [0, 0.05) is 0 Å². The fourth-order valence-corrected chi connectivity index (χ4v) is 4.82. The van der Waals surface area contributed by atoms with E-state index in [-0.39, 0.29) is 10.8 Å². The molecule has 0 N–H and O–H groups in total. The maximum Gasteiger partial charge on any atom is -0.00466 e. The van der Waals surface area contributed by atoms with Crippen LogP contribution >= 0.6 is 0 Å². The molecule has 0 aliphatic heterocycles. The van der Waals surface area contributed by atoms with Crippen LogP contribution in [0.25, 0.3) is 0 Å². The minimum atomic E-state index is 0.248. The topological polar surface area (TPSA) is 0 Å². The van der Waals surface area contributed by atoms with Gasteiger partial charge < -0.3 is 0 Å². The second-order valence-electron chi connectivity index (χ2n) is 8.55. The largest absolute Gasteiger partial charge is 0.0808 e. The summed E-state index contributed by atoms with van der Waals surface area (Å²) >= 11 is 0. The molecule has 2 rings (SSSR count). The highest BCUT2D eigenvalue weighted by molar-refractivity contribution is 5.26. The summed E-state index contributed by atoms with van der Waals surface area (Å²) in [5, 5.41) is 0. The van der Waals surface area contributed by atoms with Gasteiger partial charge in [0.1, 0.15) is 0 Å². The Morgan fingerprint density at radius 1 is 0.750 bits per heavy atom. The number of hydrogen-bond donors (Lipinski definition) is 0. The van der Waals surface area contributed by atoms with Crippen molar-refractivity contribution in [3.05, 3.63) is 48.6 Å². The van der Waals surface area contributed by atoms with Crippen molar-refractivity contribution in [2.45, 2.75) is 73.1 Å². The maximum atomic E-state index is 2.50. The van der Waals surface area contributed by atoms with Crippen LogP contribution in [0.15, 0.2) is 48.6 Å². The highest BCUT2D eigenvalue weighted by atomic mass is 14.5. The van der Waals surface area contributed by atoms with E-state index in [4.69, 9.17) is 0 Å². The van der Waals surface area contributed by atoms with Crippen LogP contribution in [0.1, 0.15) is 73.1 Å². The lowest BCUT2D eigenvalue weighted by Gasteiger charge is -2.51. The molecule has 0 heteroatoms. The summed E-state index contributed by atoms with van der Waals surface area (Å²) in [5.41, 5.74) is 0.496. The molecule has 134 valence electrons. The van der Waals surface area contributed by atoms with E-state index < -0.39 is 0 Å². The Morgan fingerprint density at radius 2 is 1.25 bits per heavy atom. The summed E-state index contributed by atoms with van der Waals surface area (Å²) in [6.07, 6.45) is 27.0. The van der Waals surface area contributed by atoms with Gasteiger partial charge in [-0.2, -0.15) is 0 Å². The van der Waals surface area contributed by atoms with Crippen molar-refractivity contribution in [1.29, 1.82) is 0 Å². The minimum absolute atomic E-state index is 0.248. The van der Waals surface area contributed by atoms with Crippen LogP contribution < -0.4 is 0 Å². The Labute approximate surface area is 150 Å². The monoisotopic (exact) mass is 326 g/mol. The molecule has 0 amide bonds. The SMILES string of the molecule is CCCCCCCC(C1(C)C=CC=CC1C)C1(C)C=CC=CC1C. The van der Waals surface area contributed by atoms with Crippen LogP contribution in [0.5, 0.6) is 0 Å². The highest BCUT2D eigenvalue weighted by Crippen LogP contribution is 2.55. The van der Waals surface area contributed by atoms with Gasteiger partial charge >= 0.3 is 0 Å². The summed E-state index contributed by atoms with van der Waals surface area (Å²) in [6.45, 7) is 12.1. The average Bonchev–Trinajstić information content (AvgIpc) is 2.56. The molecule has 0 aromatic heterocycles. The van der Waals surface area contributed by atoms with Crippen molar-refractivity contribution >= 4 is 0 Å². The second kappa shape index (κ2) is 8.37. The zero-order valence-corrected chi connectivity index (χ0v) is 16.6. The quantitative estimate of drug-likeness (QED) is 0.405. The Kier molecular flexibility index (Phi) is 6.72. The van der Waals surface area contributed by atoms with Crippen molar-refractivity contribution < 1.29 is 0 Å². The molecule has 0 bridgehead atoms. The van der Waals surface area contributed by atoms with E-state index in [0.29, 0.717) is 17.8 Å². The van der Waals surface area contributed by atoms with Gasteiger partial charge in [-0.25, -0.2) is 0 Å². The first kappa shape index (κ1) is 19.3. The lowest BCUT2D eigenvalue weighted by molar-refractivity contribution is 0.0509. The van der Waals surface area contributed by atoms with E-state index in [9.17, 15) is 0 Å². The summed E-state index contributed by atoms with van der Waals surface area (Å²) in [6, 6.07) is 0. The van der Waals surface area contributed by atoms with Gasteiger partial charge in [0.25, 0.3) is 0 Å². The summed E-state index contributed by atoms with van der Waals surface area (Å²) in [4.78, 5) is 0. The van der Waals surface area contributed by atoms with Crippen LogP contribution in [0.3, 0.4) is 0 Å². The number of unbranched alkanes of at least 4 members (excludes halogenated alkanes) is 4. The fraction of sp³-hybridized carbons (Fsp3) is 0.667. The van der Waals surface area contributed by atoms with E-state index >= 15 is 0 Å². The molecule has 4 unspecified atom stereocenters. The third-order valence-corrected chi connectivity index (χ3v) is 6.99. The lowest BCUT2D eigenvalue weighted by Crippen LogP contribution is -2.45. The van der Waals surface area contributed by atoms with Gasteiger partial charge in [0.05, 0.1) is 0 Å². The molecule has 24 heavy (non-hydrogen) atoms. The molecular formula is C24H38. The average molecular weight is 327 g/mol. The number of allylic oxidation sites excluding steroid dienone is 8. The van der Waals surface area contributed by atoms with Gasteiger partial charge in [-0.3, -0.25) is 0 Å². The molecule has 0 saturated carbocycles. The standard InChI is InChI=1S/C24H38/c1-6-7-8-9-10-17-22(23(4)18-13-11-15-20(23)2)24(5)19-14-12-16-21(24)3/h11-16,18-22H,6-10,17H2,1-5H3. The first-order valence-electron chi connectivity index (χ1n) is 10.2. The van der Waals surface area contributed by atoms with E-state index in [1.807, 2.05) is 0 Å². The molecule has 0 spiro atoms.